The number of benzene rings is 1. The molecular weight excluding hydrogens is 469 g/mol. The van der Waals surface area contributed by atoms with Crippen LogP contribution in [0.4, 0.5) is 4.39 Å². The highest BCUT2D eigenvalue weighted by Gasteiger charge is 2.65. The zero-order valence-electron chi connectivity index (χ0n) is 22.8. The van der Waals surface area contributed by atoms with Gasteiger partial charge in [-0.15, -0.1) is 0 Å². The van der Waals surface area contributed by atoms with Gasteiger partial charge in [-0.1, -0.05) is 20.8 Å². The zero-order chi connectivity index (χ0) is 26.3. The van der Waals surface area contributed by atoms with Gasteiger partial charge in [-0.25, -0.2) is 9.37 Å². The Morgan fingerprint density at radius 2 is 1.86 bits per heavy atom. The SMILES string of the molecule is Cc1cc2oc(CCC(C)[C@H]3CC[C@H]4[C@@H]5[C@H](O)C[C@@H]6C[C@H](O)CC[C@]6(C)[C@H]5C[C@H](O)[C@]34C)nc2cc1F. The number of hydrogen-bond acceptors (Lipinski definition) is 5. The third kappa shape index (κ3) is 3.91. The summed E-state index contributed by atoms with van der Waals surface area (Å²) in [5.41, 5.74) is 1.66. The molecule has 204 valence electrons. The Bertz CT molecular complexity index is 1130. The van der Waals surface area contributed by atoms with E-state index < -0.39 is 0 Å². The average molecular weight is 514 g/mol. The van der Waals surface area contributed by atoms with Crippen LogP contribution in [-0.2, 0) is 6.42 Å². The minimum Gasteiger partial charge on any atom is -0.441 e. The minimum atomic E-state index is -0.376. The van der Waals surface area contributed by atoms with Gasteiger partial charge in [0.2, 0.25) is 0 Å². The van der Waals surface area contributed by atoms with Crippen LogP contribution in [0.3, 0.4) is 0 Å². The molecule has 2 aromatic rings. The minimum absolute atomic E-state index is 0.0972. The Hall–Kier alpha value is -1.50. The van der Waals surface area contributed by atoms with Crippen molar-refractivity contribution in [2.75, 3.05) is 0 Å². The van der Waals surface area contributed by atoms with Crippen molar-refractivity contribution in [3.05, 3.63) is 29.4 Å². The second kappa shape index (κ2) is 9.02. The molecule has 0 spiro atoms. The molecule has 0 radical (unpaired) electrons. The summed E-state index contributed by atoms with van der Waals surface area (Å²) < 4.78 is 19.9. The Morgan fingerprint density at radius 3 is 2.65 bits per heavy atom. The lowest BCUT2D eigenvalue weighted by molar-refractivity contribution is -0.207. The Labute approximate surface area is 219 Å². The number of hydrogen-bond donors (Lipinski definition) is 3. The van der Waals surface area contributed by atoms with Gasteiger partial charge in [0.05, 0.1) is 18.3 Å². The second-order valence-corrected chi connectivity index (χ2v) is 13.7. The van der Waals surface area contributed by atoms with Gasteiger partial charge in [0.1, 0.15) is 11.3 Å². The summed E-state index contributed by atoms with van der Waals surface area (Å²) in [6, 6.07) is 3.17. The molecule has 0 saturated heterocycles. The van der Waals surface area contributed by atoms with Crippen molar-refractivity contribution in [1.82, 2.24) is 4.98 Å². The fourth-order valence-electron chi connectivity index (χ4n) is 9.89. The van der Waals surface area contributed by atoms with Crippen LogP contribution in [0.5, 0.6) is 0 Å². The number of halogens is 1. The van der Waals surface area contributed by atoms with Crippen LogP contribution < -0.4 is 0 Å². The van der Waals surface area contributed by atoms with Crippen molar-refractivity contribution < 1.29 is 24.1 Å². The third-order valence-corrected chi connectivity index (χ3v) is 12.0. The molecule has 5 nitrogen and oxygen atoms in total. The quantitative estimate of drug-likeness (QED) is 0.481. The first-order valence-electron chi connectivity index (χ1n) is 14.6. The van der Waals surface area contributed by atoms with Gasteiger partial charge in [0.25, 0.3) is 0 Å². The third-order valence-electron chi connectivity index (χ3n) is 12.0. The van der Waals surface area contributed by atoms with Gasteiger partial charge in [0, 0.05) is 12.5 Å². The number of aryl methyl sites for hydroxylation is 2. The maximum Gasteiger partial charge on any atom is 0.195 e. The summed E-state index contributed by atoms with van der Waals surface area (Å²) >= 11 is 0. The van der Waals surface area contributed by atoms with Crippen LogP contribution in [0, 0.1) is 59.1 Å². The molecule has 6 heteroatoms. The van der Waals surface area contributed by atoms with Crippen molar-refractivity contribution in [2.45, 2.75) is 104 Å². The van der Waals surface area contributed by atoms with Crippen LogP contribution in [0.25, 0.3) is 11.1 Å². The van der Waals surface area contributed by atoms with E-state index >= 15 is 0 Å². The van der Waals surface area contributed by atoms with Gasteiger partial charge in [0.15, 0.2) is 11.5 Å². The average Bonchev–Trinajstić information content (AvgIpc) is 3.40. The molecular formula is C31H44FNO4. The highest BCUT2D eigenvalue weighted by Crippen LogP contribution is 2.68. The maximum absolute atomic E-state index is 14.0. The molecule has 4 fully saturated rings. The predicted octanol–water partition coefficient (Wildman–Crippen LogP) is 5.81. The van der Waals surface area contributed by atoms with E-state index in [1.165, 1.54) is 6.07 Å². The predicted molar refractivity (Wildman–Crippen MR) is 140 cm³/mol. The summed E-state index contributed by atoms with van der Waals surface area (Å²) in [6.45, 7) is 8.70. The van der Waals surface area contributed by atoms with Crippen molar-refractivity contribution in [2.24, 2.45) is 46.3 Å². The molecule has 1 unspecified atom stereocenters. The fraction of sp³-hybridized carbons (Fsp3) is 0.774. The van der Waals surface area contributed by atoms with Gasteiger partial charge in [-0.2, -0.15) is 0 Å². The molecule has 6 rings (SSSR count). The smallest absolute Gasteiger partial charge is 0.195 e. The van der Waals surface area contributed by atoms with E-state index in [4.69, 9.17) is 4.42 Å². The number of aliphatic hydroxyl groups excluding tert-OH is 3. The molecule has 4 aliphatic carbocycles. The van der Waals surface area contributed by atoms with E-state index in [1.54, 1.807) is 13.0 Å². The maximum atomic E-state index is 14.0. The monoisotopic (exact) mass is 513 g/mol. The van der Waals surface area contributed by atoms with Gasteiger partial charge >= 0.3 is 0 Å². The Morgan fingerprint density at radius 1 is 1.08 bits per heavy atom. The summed E-state index contributed by atoms with van der Waals surface area (Å²) in [4.78, 5) is 4.54. The van der Waals surface area contributed by atoms with E-state index in [-0.39, 0.29) is 40.9 Å². The molecule has 1 aromatic heterocycles. The fourth-order valence-corrected chi connectivity index (χ4v) is 9.89. The largest absolute Gasteiger partial charge is 0.441 e. The van der Waals surface area contributed by atoms with Gasteiger partial charge in [-0.3, -0.25) is 0 Å². The van der Waals surface area contributed by atoms with Gasteiger partial charge < -0.3 is 19.7 Å². The molecule has 37 heavy (non-hydrogen) atoms. The van der Waals surface area contributed by atoms with E-state index in [0.29, 0.717) is 58.6 Å². The van der Waals surface area contributed by atoms with Crippen LogP contribution in [0.2, 0.25) is 0 Å². The summed E-state index contributed by atoms with van der Waals surface area (Å²) in [6.07, 6.45) is 6.94. The number of fused-ring (bicyclic) bond motifs is 6. The first-order chi connectivity index (χ1) is 17.5. The van der Waals surface area contributed by atoms with Crippen molar-refractivity contribution in [3.8, 4) is 0 Å². The molecule has 1 heterocycles. The molecule has 3 N–H and O–H groups in total. The number of aromatic nitrogens is 1. The van der Waals surface area contributed by atoms with Crippen LogP contribution in [-0.4, -0.2) is 38.6 Å². The number of oxazole rings is 1. The summed E-state index contributed by atoms with van der Waals surface area (Å²) in [5.74, 6) is 2.36. The number of rotatable bonds is 4. The lowest BCUT2D eigenvalue weighted by atomic mass is 9.43. The van der Waals surface area contributed by atoms with Gasteiger partial charge in [-0.05, 0) is 116 Å². The lowest BCUT2D eigenvalue weighted by Crippen LogP contribution is -2.62. The standard InChI is InChI=1S/C31H44FNO4/c1-16(5-8-28-33-24-15-23(32)17(2)11-26(24)37-28)20-6-7-21-29-22(14-27(36)31(20,21)4)30(3)10-9-19(34)12-18(30)13-25(29)35/h11,15-16,18-22,25,27,29,34-36H,5-10,12-14H2,1-4H3/t16?,18-,19+,20+,21-,22-,25+,27-,29-,30-,31+/m0/s1. The summed E-state index contributed by atoms with van der Waals surface area (Å²) in [7, 11) is 0. The van der Waals surface area contributed by atoms with Crippen molar-refractivity contribution >= 4 is 11.1 Å². The van der Waals surface area contributed by atoms with Crippen molar-refractivity contribution in [1.29, 1.82) is 0 Å². The van der Waals surface area contributed by atoms with Crippen molar-refractivity contribution in [3.63, 3.8) is 0 Å². The summed E-state index contributed by atoms with van der Waals surface area (Å²) in [5, 5.41) is 33.6. The lowest BCUT2D eigenvalue weighted by Gasteiger charge is -2.63. The van der Waals surface area contributed by atoms with E-state index in [2.05, 4.69) is 25.8 Å². The number of aliphatic hydroxyl groups is 3. The van der Waals surface area contributed by atoms with E-state index in [1.807, 2.05) is 0 Å². The molecule has 4 aliphatic rings. The molecule has 1 aromatic carbocycles. The Balaban J connectivity index is 1.20. The zero-order valence-corrected chi connectivity index (χ0v) is 22.8. The highest BCUT2D eigenvalue weighted by atomic mass is 19.1. The van der Waals surface area contributed by atoms with E-state index in [0.717, 1.165) is 51.4 Å². The molecule has 4 saturated carbocycles. The van der Waals surface area contributed by atoms with E-state index in [9.17, 15) is 19.7 Å². The second-order valence-electron chi connectivity index (χ2n) is 13.7. The first-order valence-corrected chi connectivity index (χ1v) is 14.6. The normalized spacial score (nSPS) is 44.3. The van der Waals surface area contributed by atoms with Crippen LogP contribution >= 0.6 is 0 Å². The number of nitrogens with zero attached hydrogens (tertiary/aromatic N) is 1. The highest BCUT2D eigenvalue weighted by molar-refractivity contribution is 5.73. The molecule has 0 bridgehead atoms. The van der Waals surface area contributed by atoms with Crippen LogP contribution in [0.1, 0.15) is 83.6 Å². The molecule has 11 atom stereocenters. The topological polar surface area (TPSA) is 86.7 Å². The molecule has 0 aliphatic heterocycles. The Kier molecular flexibility index (Phi) is 6.28. The molecule has 0 amide bonds. The van der Waals surface area contributed by atoms with Crippen LogP contribution in [0.15, 0.2) is 16.5 Å². The first kappa shape index (κ1) is 25.8.